The largest absolute Gasteiger partial charge is 0.398 e. The van der Waals surface area contributed by atoms with Crippen molar-refractivity contribution in [1.82, 2.24) is 0 Å². The van der Waals surface area contributed by atoms with Gasteiger partial charge in [0.25, 0.3) is 0 Å². The number of nitrogens with two attached hydrogens (primary N) is 1. The highest BCUT2D eigenvalue weighted by Gasteiger charge is 2.11. The molecule has 1 unspecified atom stereocenters. The maximum Gasteiger partial charge on any atom is 0.126 e. The fourth-order valence-corrected chi connectivity index (χ4v) is 3.20. The van der Waals surface area contributed by atoms with Gasteiger partial charge >= 0.3 is 0 Å². The van der Waals surface area contributed by atoms with Crippen LogP contribution >= 0.6 is 15.9 Å². The van der Waals surface area contributed by atoms with Gasteiger partial charge in [-0.3, -0.25) is 4.21 Å². The van der Waals surface area contributed by atoms with E-state index in [2.05, 4.69) is 15.9 Å². The summed E-state index contributed by atoms with van der Waals surface area (Å²) in [6.45, 7) is 0. The van der Waals surface area contributed by atoms with E-state index in [1.165, 1.54) is 0 Å². The number of hydrogen-bond acceptors (Lipinski definition) is 2. The van der Waals surface area contributed by atoms with Crippen molar-refractivity contribution in [2.45, 2.75) is 10.6 Å². The molecule has 0 radical (unpaired) electrons. The minimum atomic E-state index is -1.45. The van der Waals surface area contributed by atoms with Gasteiger partial charge in [0, 0.05) is 16.2 Å². The van der Waals surface area contributed by atoms with E-state index in [9.17, 15) is 13.0 Å². The third kappa shape index (κ3) is 3.61. The Kier molecular flexibility index (Phi) is 4.31. The molecule has 0 amide bonds. The quantitative estimate of drug-likeness (QED) is 0.863. The summed E-state index contributed by atoms with van der Waals surface area (Å²) >= 11 is 3.25. The molecule has 0 fully saturated rings. The van der Waals surface area contributed by atoms with E-state index in [1.807, 2.05) is 0 Å². The molecule has 0 bridgehead atoms. The van der Waals surface area contributed by atoms with Crippen LogP contribution in [0.1, 0.15) is 5.56 Å². The average Bonchev–Trinajstić information content (AvgIpc) is 2.26. The molecule has 0 heterocycles. The van der Waals surface area contributed by atoms with E-state index in [4.69, 9.17) is 5.73 Å². The molecule has 1 atom stereocenters. The van der Waals surface area contributed by atoms with Gasteiger partial charge in [-0.25, -0.2) is 8.78 Å². The number of nitrogen functional groups attached to an aromatic ring is 1. The van der Waals surface area contributed by atoms with Crippen LogP contribution < -0.4 is 5.73 Å². The lowest BCUT2D eigenvalue weighted by molar-refractivity contribution is 0.581. The summed E-state index contributed by atoms with van der Waals surface area (Å²) in [6, 6.07) is 8.09. The van der Waals surface area contributed by atoms with Crippen LogP contribution in [0.5, 0.6) is 0 Å². The second-order valence-corrected chi connectivity index (χ2v) is 6.28. The van der Waals surface area contributed by atoms with E-state index in [-0.39, 0.29) is 5.75 Å². The van der Waals surface area contributed by atoms with E-state index in [0.717, 1.165) is 22.7 Å². The lowest BCUT2D eigenvalue weighted by atomic mass is 10.2. The predicted octanol–water partition coefficient (Wildman–Crippen LogP) is 3.62. The molecule has 2 N–H and O–H groups in total. The third-order valence-corrected chi connectivity index (χ3v) is 4.39. The van der Waals surface area contributed by atoms with Crippen molar-refractivity contribution >= 4 is 32.4 Å². The molecule has 0 aromatic heterocycles. The first-order valence-corrected chi connectivity index (χ1v) is 7.45. The highest BCUT2D eigenvalue weighted by atomic mass is 79.9. The van der Waals surface area contributed by atoms with Crippen LogP contribution in [0.4, 0.5) is 14.5 Å². The smallest absolute Gasteiger partial charge is 0.126 e. The first-order valence-electron chi connectivity index (χ1n) is 5.34. The summed E-state index contributed by atoms with van der Waals surface area (Å²) in [5.74, 6) is -1.35. The summed E-state index contributed by atoms with van der Waals surface area (Å²) in [5.41, 5.74) is 6.48. The normalized spacial score (nSPS) is 12.4. The molecule has 0 spiro atoms. The van der Waals surface area contributed by atoms with E-state index in [1.54, 1.807) is 18.2 Å². The topological polar surface area (TPSA) is 43.1 Å². The van der Waals surface area contributed by atoms with Crippen molar-refractivity contribution in [3.63, 3.8) is 0 Å². The molecular formula is C13H10BrF2NOS. The maximum atomic E-state index is 13.0. The molecule has 100 valence electrons. The minimum Gasteiger partial charge on any atom is -0.398 e. The molecule has 0 saturated carbocycles. The standard InChI is InChI=1S/C13H10BrF2NOS/c14-9-1-2-13(12(17)5-9)19(18)7-8-3-10(15)6-11(16)4-8/h1-6H,7,17H2. The predicted molar refractivity (Wildman–Crippen MR) is 75.0 cm³/mol. The fourth-order valence-electron chi connectivity index (χ4n) is 1.65. The Hall–Kier alpha value is -1.27. The number of halogens is 3. The van der Waals surface area contributed by atoms with Crippen LogP contribution in [-0.4, -0.2) is 4.21 Å². The highest BCUT2D eigenvalue weighted by Crippen LogP contribution is 2.23. The first kappa shape index (κ1) is 14.1. The number of benzene rings is 2. The Balaban J connectivity index is 2.25. The Morgan fingerprint density at radius 1 is 1.11 bits per heavy atom. The zero-order valence-electron chi connectivity index (χ0n) is 9.70. The van der Waals surface area contributed by atoms with Crippen LogP contribution in [0.3, 0.4) is 0 Å². The van der Waals surface area contributed by atoms with Gasteiger partial charge in [0.2, 0.25) is 0 Å². The number of anilines is 1. The average molecular weight is 346 g/mol. The molecule has 6 heteroatoms. The minimum absolute atomic E-state index is 0.0144. The van der Waals surface area contributed by atoms with Gasteiger partial charge in [-0.1, -0.05) is 15.9 Å². The first-order chi connectivity index (χ1) is 8.95. The van der Waals surface area contributed by atoms with Crippen molar-refractivity contribution in [2.75, 3.05) is 5.73 Å². The SMILES string of the molecule is Nc1cc(Br)ccc1S(=O)Cc1cc(F)cc(F)c1. The van der Waals surface area contributed by atoms with E-state index >= 15 is 0 Å². The van der Waals surface area contributed by atoms with Gasteiger partial charge in [0.15, 0.2) is 0 Å². The molecule has 19 heavy (non-hydrogen) atoms. The Labute approximate surface area is 120 Å². The van der Waals surface area contributed by atoms with Crippen LogP contribution in [0.15, 0.2) is 45.8 Å². The molecule has 2 rings (SSSR count). The van der Waals surface area contributed by atoms with Crippen LogP contribution in [0, 0.1) is 11.6 Å². The second kappa shape index (κ2) is 5.79. The van der Waals surface area contributed by atoms with Crippen LogP contribution in [0.2, 0.25) is 0 Å². The molecular weight excluding hydrogens is 336 g/mol. The van der Waals surface area contributed by atoms with Gasteiger partial charge in [-0.2, -0.15) is 0 Å². The van der Waals surface area contributed by atoms with Gasteiger partial charge in [0.1, 0.15) is 11.6 Å². The van der Waals surface area contributed by atoms with Crippen LogP contribution in [-0.2, 0) is 16.6 Å². The van der Waals surface area contributed by atoms with Gasteiger partial charge in [-0.05, 0) is 35.9 Å². The Bertz CT molecular complexity index is 628. The lowest BCUT2D eigenvalue weighted by Gasteiger charge is -2.07. The molecule has 2 aromatic carbocycles. The maximum absolute atomic E-state index is 13.0. The van der Waals surface area contributed by atoms with Crippen molar-refractivity contribution in [3.8, 4) is 0 Å². The highest BCUT2D eigenvalue weighted by molar-refractivity contribution is 9.10. The van der Waals surface area contributed by atoms with Gasteiger partial charge in [0.05, 0.1) is 21.4 Å². The third-order valence-electron chi connectivity index (χ3n) is 2.44. The Morgan fingerprint density at radius 3 is 2.32 bits per heavy atom. The molecule has 0 aliphatic carbocycles. The van der Waals surface area contributed by atoms with Gasteiger partial charge < -0.3 is 5.73 Å². The van der Waals surface area contributed by atoms with E-state index < -0.39 is 22.4 Å². The zero-order chi connectivity index (χ0) is 14.0. The molecule has 2 aromatic rings. The number of hydrogen-bond donors (Lipinski definition) is 1. The fraction of sp³-hybridized carbons (Fsp3) is 0.0769. The molecule has 2 nitrogen and oxygen atoms in total. The summed E-state index contributed by atoms with van der Waals surface area (Å²) in [4.78, 5) is 0.452. The Morgan fingerprint density at radius 2 is 1.74 bits per heavy atom. The van der Waals surface area contributed by atoms with E-state index in [0.29, 0.717) is 16.1 Å². The zero-order valence-corrected chi connectivity index (χ0v) is 12.1. The van der Waals surface area contributed by atoms with Crippen molar-refractivity contribution in [2.24, 2.45) is 0 Å². The molecule has 0 aliphatic heterocycles. The number of rotatable bonds is 3. The van der Waals surface area contributed by atoms with Crippen LogP contribution in [0.25, 0.3) is 0 Å². The molecule has 0 saturated heterocycles. The van der Waals surface area contributed by atoms with Crippen molar-refractivity contribution in [3.05, 3.63) is 58.1 Å². The monoisotopic (exact) mass is 345 g/mol. The van der Waals surface area contributed by atoms with Crippen molar-refractivity contribution in [1.29, 1.82) is 0 Å². The summed E-state index contributed by atoms with van der Waals surface area (Å²) in [7, 11) is -1.45. The molecule has 0 aliphatic rings. The van der Waals surface area contributed by atoms with Crippen molar-refractivity contribution < 1.29 is 13.0 Å². The second-order valence-electron chi connectivity index (χ2n) is 3.95. The lowest BCUT2D eigenvalue weighted by Crippen LogP contribution is -2.01. The summed E-state index contributed by atoms with van der Waals surface area (Å²) in [6.07, 6.45) is 0. The summed E-state index contributed by atoms with van der Waals surface area (Å²) in [5, 5.41) is 0. The summed E-state index contributed by atoms with van der Waals surface area (Å²) < 4.78 is 39.0. The van der Waals surface area contributed by atoms with Gasteiger partial charge in [-0.15, -0.1) is 0 Å².